The molecule has 34 heavy (non-hydrogen) atoms. The number of benzene rings is 2. The number of rotatable bonds is 6. The van der Waals surface area contributed by atoms with Gasteiger partial charge in [-0.15, -0.1) is 10.2 Å². The first kappa shape index (κ1) is 25.2. The van der Waals surface area contributed by atoms with Crippen LogP contribution >= 0.6 is 11.6 Å². The van der Waals surface area contributed by atoms with E-state index in [2.05, 4.69) is 15.5 Å². The molecule has 8 nitrogen and oxygen atoms in total. The Balaban J connectivity index is 2.08. The number of carbonyl (C=O) groups is 1. The van der Waals surface area contributed by atoms with Crippen LogP contribution in [0, 0.1) is 11.7 Å². The van der Waals surface area contributed by atoms with Crippen LogP contribution in [0.1, 0.15) is 21.6 Å². The van der Waals surface area contributed by atoms with Crippen molar-refractivity contribution in [2.24, 2.45) is 0 Å². The molecule has 0 saturated carbocycles. The van der Waals surface area contributed by atoms with E-state index < -0.39 is 44.5 Å². The number of hydrogen-bond donors (Lipinski definition) is 2. The second-order valence-corrected chi connectivity index (χ2v) is 9.70. The number of carbonyl (C=O) groups excluding carboxylic acids is 1. The van der Waals surface area contributed by atoms with Gasteiger partial charge in [-0.1, -0.05) is 17.7 Å². The summed E-state index contributed by atoms with van der Waals surface area (Å²) < 4.78 is 70.7. The summed E-state index contributed by atoms with van der Waals surface area (Å²) in [6, 6.07) is 9.86. The third-order valence-corrected chi connectivity index (χ3v) is 5.89. The molecular weight excluding hydrogens is 497 g/mol. The number of aromatic nitrogens is 2. The third-order valence-electron chi connectivity index (χ3n) is 4.52. The quantitative estimate of drug-likeness (QED) is 0.446. The van der Waals surface area contributed by atoms with Crippen molar-refractivity contribution in [1.29, 1.82) is 4.78 Å². The van der Waals surface area contributed by atoms with Crippen LogP contribution in [0.2, 0.25) is 5.02 Å². The van der Waals surface area contributed by atoms with E-state index >= 15 is 0 Å². The minimum Gasteiger partial charge on any atom is -0.497 e. The van der Waals surface area contributed by atoms with Crippen LogP contribution < -0.4 is 14.8 Å². The van der Waals surface area contributed by atoms with Gasteiger partial charge in [0, 0.05) is 27.9 Å². The summed E-state index contributed by atoms with van der Waals surface area (Å²) in [4.78, 5) is 13.2. The van der Waals surface area contributed by atoms with Gasteiger partial charge in [-0.05, 0) is 42.8 Å². The van der Waals surface area contributed by atoms with Gasteiger partial charge < -0.3 is 14.8 Å². The van der Waals surface area contributed by atoms with Gasteiger partial charge in [0.05, 0.1) is 16.8 Å². The molecule has 1 atom stereocenters. The lowest BCUT2D eigenvalue weighted by molar-refractivity contribution is -0.142. The molecule has 0 fully saturated rings. The summed E-state index contributed by atoms with van der Waals surface area (Å²) in [7, 11) is -1.71. The van der Waals surface area contributed by atoms with E-state index in [1.165, 1.54) is 55.8 Å². The van der Waals surface area contributed by atoms with Crippen LogP contribution in [0.15, 0.2) is 47.4 Å². The van der Waals surface area contributed by atoms with E-state index in [4.69, 9.17) is 25.9 Å². The normalized spacial score (nSPS) is 13.1. The van der Waals surface area contributed by atoms with E-state index in [9.17, 15) is 22.2 Å². The Morgan fingerprint density at radius 3 is 2.44 bits per heavy atom. The maximum Gasteiger partial charge on any atom is 0.435 e. The molecule has 0 aliphatic rings. The molecule has 1 heterocycles. The Morgan fingerprint density at radius 2 is 1.82 bits per heavy atom. The van der Waals surface area contributed by atoms with Crippen molar-refractivity contribution < 1.29 is 31.6 Å². The number of ether oxygens (including phenoxy) is 2. The Hall–Kier alpha value is -3.38. The molecule has 0 bridgehead atoms. The summed E-state index contributed by atoms with van der Waals surface area (Å²) >= 11 is 6.01. The third kappa shape index (κ3) is 5.75. The maximum atomic E-state index is 13.5. The Labute approximate surface area is 198 Å². The summed E-state index contributed by atoms with van der Waals surface area (Å²) in [6.07, 6.45) is -3.67. The number of methoxy groups -OCH3 is 1. The van der Waals surface area contributed by atoms with Crippen molar-refractivity contribution in [3.05, 3.63) is 64.3 Å². The van der Waals surface area contributed by atoms with Crippen LogP contribution in [0.4, 0.5) is 18.9 Å². The van der Waals surface area contributed by atoms with E-state index in [-0.39, 0.29) is 21.4 Å². The first-order valence-corrected chi connectivity index (χ1v) is 11.8. The topological polar surface area (TPSA) is 114 Å². The molecule has 1 amide bonds. The fraction of sp³-hybridized carbons (Fsp3) is 0.190. The molecule has 1 aromatic heterocycles. The largest absolute Gasteiger partial charge is 0.497 e. The zero-order valence-electron chi connectivity index (χ0n) is 18.0. The zero-order valence-corrected chi connectivity index (χ0v) is 19.6. The zero-order chi connectivity index (χ0) is 25.3. The summed E-state index contributed by atoms with van der Waals surface area (Å²) in [5.74, 6) is -1.12. The van der Waals surface area contributed by atoms with Crippen molar-refractivity contribution in [3.8, 4) is 17.4 Å². The molecule has 0 saturated heterocycles. The van der Waals surface area contributed by atoms with Crippen molar-refractivity contribution in [3.63, 3.8) is 0 Å². The highest BCUT2D eigenvalue weighted by atomic mass is 35.5. The van der Waals surface area contributed by atoms with Gasteiger partial charge in [0.2, 0.25) is 0 Å². The fourth-order valence-corrected chi connectivity index (χ4v) is 3.85. The average Bonchev–Trinajstić information content (AvgIpc) is 2.72. The highest BCUT2D eigenvalue weighted by molar-refractivity contribution is 7.91. The van der Waals surface area contributed by atoms with Crippen LogP contribution in [-0.2, 0) is 15.9 Å². The molecule has 2 aromatic carbocycles. The number of amides is 1. The molecule has 180 valence electrons. The molecule has 1 unspecified atom stereocenters. The van der Waals surface area contributed by atoms with E-state index in [0.29, 0.717) is 5.75 Å². The summed E-state index contributed by atoms with van der Waals surface area (Å²) in [6.45, 7) is 1.07. The molecule has 3 aromatic rings. The number of alkyl halides is 3. The van der Waals surface area contributed by atoms with E-state index in [1.54, 1.807) is 0 Å². The number of nitrogens with one attached hydrogen (secondary N) is 2. The van der Waals surface area contributed by atoms with Crippen LogP contribution in [0.3, 0.4) is 0 Å². The smallest absolute Gasteiger partial charge is 0.435 e. The van der Waals surface area contributed by atoms with Crippen molar-refractivity contribution in [1.82, 2.24) is 10.2 Å². The van der Waals surface area contributed by atoms with Crippen LogP contribution in [0.25, 0.3) is 0 Å². The molecule has 2 N–H and O–H groups in total. The van der Waals surface area contributed by atoms with Gasteiger partial charge in [-0.25, -0.2) is 8.99 Å². The second-order valence-electron chi connectivity index (χ2n) is 7.11. The molecular formula is C21H18ClF3N4O4S. The second kappa shape index (κ2) is 9.47. The summed E-state index contributed by atoms with van der Waals surface area (Å²) in [5, 5.41) is 9.34. The standard InChI is InChI=1S/C21H18ClF3N4O4S/c1-11-17(19(30)27-13-5-4-6-16(9-13)34(3,26)31)20(29-28-18(11)21(23,24)25)33-15-8-12(22)7-14(10-15)32-2/h4-10,26H,1-3H3,(H,27,30). The van der Waals surface area contributed by atoms with Crippen LogP contribution in [0.5, 0.6) is 17.4 Å². The van der Waals surface area contributed by atoms with Gasteiger partial charge in [0.15, 0.2) is 5.69 Å². The van der Waals surface area contributed by atoms with E-state index in [1.807, 2.05) is 0 Å². The lowest BCUT2D eigenvalue weighted by Gasteiger charge is -2.16. The van der Waals surface area contributed by atoms with E-state index in [0.717, 1.165) is 6.92 Å². The number of anilines is 1. The minimum absolute atomic E-state index is 0.0498. The number of nitrogens with zero attached hydrogens (tertiary/aromatic N) is 2. The minimum atomic E-state index is -4.87. The molecule has 0 radical (unpaired) electrons. The summed E-state index contributed by atoms with van der Waals surface area (Å²) in [5.41, 5.74) is -2.27. The SMILES string of the molecule is COc1cc(Cl)cc(Oc2nnc(C(F)(F)F)c(C)c2C(=O)Nc2cccc(S(C)(=N)=O)c2)c1. The Bertz CT molecular complexity index is 1360. The first-order valence-electron chi connectivity index (χ1n) is 9.41. The maximum absolute atomic E-state index is 13.5. The van der Waals surface area contributed by atoms with Gasteiger partial charge in [0.1, 0.15) is 17.1 Å². The highest BCUT2D eigenvalue weighted by Crippen LogP contribution is 2.36. The monoisotopic (exact) mass is 514 g/mol. The fourth-order valence-electron chi connectivity index (χ4n) is 2.94. The van der Waals surface area contributed by atoms with Crippen molar-refractivity contribution in [2.75, 3.05) is 18.7 Å². The molecule has 0 aliphatic heterocycles. The van der Waals surface area contributed by atoms with Crippen molar-refractivity contribution in [2.45, 2.75) is 18.0 Å². The van der Waals surface area contributed by atoms with Crippen LogP contribution in [-0.4, -0.2) is 33.7 Å². The van der Waals surface area contributed by atoms with Gasteiger partial charge >= 0.3 is 6.18 Å². The lowest BCUT2D eigenvalue weighted by Crippen LogP contribution is -2.21. The average molecular weight is 515 g/mol. The first-order chi connectivity index (χ1) is 15.8. The number of halogens is 4. The molecule has 0 aliphatic carbocycles. The predicted octanol–water partition coefficient (Wildman–Crippen LogP) is 5.55. The Morgan fingerprint density at radius 1 is 1.15 bits per heavy atom. The van der Waals surface area contributed by atoms with Crippen molar-refractivity contribution >= 4 is 32.9 Å². The van der Waals surface area contributed by atoms with Gasteiger partial charge in [-0.3, -0.25) is 4.79 Å². The lowest BCUT2D eigenvalue weighted by atomic mass is 10.1. The number of hydrogen-bond acceptors (Lipinski definition) is 7. The molecule has 13 heteroatoms. The molecule has 3 rings (SSSR count). The predicted molar refractivity (Wildman–Crippen MR) is 119 cm³/mol. The molecule has 0 spiro atoms. The van der Waals surface area contributed by atoms with Gasteiger partial charge in [0.25, 0.3) is 11.8 Å². The van der Waals surface area contributed by atoms with Gasteiger partial charge in [-0.2, -0.15) is 13.2 Å². The Kier molecular flexibility index (Phi) is 7.03. The highest BCUT2D eigenvalue weighted by Gasteiger charge is 2.38.